The molecule has 0 saturated heterocycles. The molecule has 0 saturated carbocycles. The summed E-state index contributed by atoms with van der Waals surface area (Å²) in [5, 5.41) is 0. The standard InChI is InChI=1S/C27H26O3/c1-20(2)26-23(15-16-30-19-22-11-7-4-8-12-22)17-24(27(26)29)18-25(28)14-13-21-9-5-3-6-10-21/h3-12,24H,1,15-19H2,2H3. The Kier molecular flexibility index (Phi) is 7.54. The number of hydrogen-bond acceptors (Lipinski definition) is 3. The van der Waals surface area contributed by atoms with Crippen LogP contribution in [0.3, 0.4) is 0 Å². The van der Waals surface area contributed by atoms with Gasteiger partial charge in [0, 0.05) is 23.5 Å². The van der Waals surface area contributed by atoms with Crippen LogP contribution in [0.1, 0.15) is 37.3 Å². The van der Waals surface area contributed by atoms with Crippen LogP contribution in [-0.4, -0.2) is 18.2 Å². The molecule has 2 aromatic rings. The zero-order valence-corrected chi connectivity index (χ0v) is 17.3. The predicted octanol–water partition coefficient (Wildman–Crippen LogP) is 5.07. The Hall–Kier alpha value is -3.22. The third kappa shape index (κ3) is 5.89. The number of hydrogen-bond donors (Lipinski definition) is 0. The summed E-state index contributed by atoms with van der Waals surface area (Å²) in [6, 6.07) is 19.4. The highest BCUT2D eigenvalue weighted by atomic mass is 16.5. The highest BCUT2D eigenvalue weighted by Crippen LogP contribution is 2.35. The molecular weight excluding hydrogens is 372 g/mol. The molecule has 30 heavy (non-hydrogen) atoms. The maximum atomic E-state index is 12.9. The molecule has 0 fully saturated rings. The highest BCUT2D eigenvalue weighted by molar-refractivity contribution is 6.07. The Labute approximate surface area is 178 Å². The van der Waals surface area contributed by atoms with Gasteiger partial charge in [-0.05, 0) is 49.0 Å². The summed E-state index contributed by atoms with van der Waals surface area (Å²) in [6.07, 6.45) is 1.39. The molecule has 0 aromatic heterocycles. The van der Waals surface area contributed by atoms with Crippen molar-refractivity contribution in [2.24, 2.45) is 5.92 Å². The van der Waals surface area contributed by atoms with Crippen LogP contribution in [0.4, 0.5) is 0 Å². The van der Waals surface area contributed by atoms with Crippen LogP contribution in [0.5, 0.6) is 0 Å². The third-order valence-electron chi connectivity index (χ3n) is 5.10. The summed E-state index contributed by atoms with van der Waals surface area (Å²) < 4.78 is 5.78. The average Bonchev–Trinajstić information content (AvgIpc) is 3.06. The lowest BCUT2D eigenvalue weighted by Crippen LogP contribution is -2.14. The number of allylic oxidation sites excluding steroid dienone is 2. The molecule has 3 rings (SSSR count). The summed E-state index contributed by atoms with van der Waals surface area (Å²) >= 11 is 0. The number of carbonyl (C=O) groups is 2. The Balaban J connectivity index is 1.56. The first-order valence-electron chi connectivity index (χ1n) is 10.2. The fourth-order valence-corrected chi connectivity index (χ4v) is 3.67. The van der Waals surface area contributed by atoms with Crippen molar-refractivity contribution in [3.63, 3.8) is 0 Å². The second kappa shape index (κ2) is 10.5. The number of carbonyl (C=O) groups excluding carboxylic acids is 2. The SMILES string of the molecule is C=C(C)C1=C(CCOCc2ccccc2)CC(CC(=O)C#Cc2ccccc2)C1=O. The second-order valence-electron chi connectivity index (χ2n) is 7.56. The fourth-order valence-electron chi connectivity index (χ4n) is 3.67. The summed E-state index contributed by atoms with van der Waals surface area (Å²) in [4.78, 5) is 25.2. The van der Waals surface area contributed by atoms with Gasteiger partial charge in [0.1, 0.15) is 0 Å². The quantitative estimate of drug-likeness (QED) is 0.461. The highest BCUT2D eigenvalue weighted by Gasteiger charge is 2.33. The van der Waals surface area contributed by atoms with Crippen molar-refractivity contribution in [3.8, 4) is 11.8 Å². The van der Waals surface area contributed by atoms with Crippen molar-refractivity contribution in [2.45, 2.75) is 32.8 Å². The predicted molar refractivity (Wildman–Crippen MR) is 119 cm³/mol. The fraction of sp³-hybridized carbons (Fsp3) is 0.259. The summed E-state index contributed by atoms with van der Waals surface area (Å²) in [7, 11) is 0. The van der Waals surface area contributed by atoms with Gasteiger partial charge in [-0.25, -0.2) is 0 Å². The van der Waals surface area contributed by atoms with Crippen LogP contribution in [-0.2, 0) is 20.9 Å². The molecule has 1 aliphatic rings. The lowest BCUT2D eigenvalue weighted by molar-refractivity contribution is -0.122. The Morgan fingerprint density at radius 3 is 2.43 bits per heavy atom. The molecule has 0 amide bonds. The van der Waals surface area contributed by atoms with E-state index in [4.69, 9.17) is 4.74 Å². The van der Waals surface area contributed by atoms with Crippen molar-refractivity contribution in [1.29, 1.82) is 0 Å². The molecule has 3 nitrogen and oxygen atoms in total. The van der Waals surface area contributed by atoms with Gasteiger partial charge in [0.2, 0.25) is 5.78 Å². The zero-order valence-electron chi connectivity index (χ0n) is 17.3. The van der Waals surface area contributed by atoms with Crippen LogP contribution < -0.4 is 0 Å². The van der Waals surface area contributed by atoms with E-state index in [-0.39, 0.29) is 23.9 Å². The first-order chi connectivity index (χ1) is 14.5. The molecule has 1 aliphatic carbocycles. The summed E-state index contributed by atoms with van der Waals surface area (Å²) in [5.74, 6) is 5.00. The van der Waals surface area contributed by atoms with Gasteiger partial charge in [-0.1, -0.05) is 66.6 Å². The van der Waals surface area contributed by atoms with E-state index in [0.29, 0.717) is 31.6 Å². The number of ether oxygens (including phenoxy) is 1. The van der Waals surface area contributed by atoms with Gasteiger partial charge in [-0.2, -0.15) is 0 Å². The van der Waals surface area contributed by atoms with Crippen LogP contribution in [0.25, 0.3) is 0 Å². The molecule has 0 radical (unpaired) electrons. The van der Waals surface area contributed by atoms with Gasteiger partial charge in [0.05, 0.1) is 13.2 Å². The first kappa shape index (κ1) is 21.5. The minimum absolute atomic E-state index is 0.00965. The monoisotopic (exact) mass is 398 g/mol. The van der Waals surface area contributed by atoms with E-state index in [1.807, 2.05) is 67.6 Å². The topological polar surface area (TPSA) is 43.4 Å². The lowest BCUT2D eigenvalue weighted by atomic mass is 9.95. The van der Waals surface area contributed by atoms with Crippen molar-refractivity contribution in [1.82, 2.24) is 0 Å². The van der Waals surface area contributed by atoms with E-state index in [1.165, 1.54) is 0 Å². The van der Waals surface area contributed by atoms with Gasteiger partial charge < -0.3 is 4.74 Å². The van der Waals surface area contributed by atoms with E-state index in [2.05, 4.69) is 18.4 Å². The van der Waals surface area contributed by atoms with Crippen molar-refractivity contribution < 1.29 is 14.3 Å². The summed E-state index contributed by atoms with van der Waals surface area (Å²) in [6.45, 7) is 6.89. The summed E-state index contributed by atoms with van der Waals surface area (Å²) in [5.41, 5.74) is 4.39. The molecule has 1 atom stereocenters. The van der Waals surface area contributed by atoms with Crippen LogP contribution in [0.15, 0.2) is 84.0 Å². The normalized spacial score (nSPS) is 15.6. The Morgan fingerprint density at radius 1 is 1.10 bits per heavy atom. The maximum Gasteiger partial charge on any atom is 0.206 e. The van der Waals surface area contributed by atoms with Gasteiger partial charge in [-0.3, -0.25) is 9.59 Å². The van der Waals surface area contributed by atoms with Gasteiger partial charge in [-0.15, -0.1) is 0 Å². The lowest BCUT2D eigenvalue weighted by Gasteiger charge is -2.07. The van der Waals surface area contributed by atoms with E-state index in [0.717, 1.165) is 22.3 Å². The van der Waals surface area contributed by atoms with E-state index in [1.54, 1.807) is 0 Å². The first-order valence-corrected chi connectivity index (χ1v) is 10.2. The third-order valence-corrected chi connectivity index (χ3v) is 5.10. The zero-order chi connectivity index (χ0) is 21.3. The van der Waals surface area contributed by atoms with Crippen molar-refractivity contribution >= 4 is 11.6 Å². The van der Waals surface area contributed by atoms with Crippen molar-refractivity contribution in [3.05, 3.63) is 95.1 Å². The van der Waals surface area contributed by atoms with Gasteiger partial charge in [0.15, 0.2) is 5.78 Å². The number of rotatable bonds is 8. The minimum atomic E-state index is -0.349. The van der Waals surface area contributed by atoms with Crippen molar-refractivity contribution in [2.75, 3.05) is 6.61 Å². The van der Waals surface area contributed by atoms with E-state index >= 15 is 0 Å². The number of Topliss-reactive ketones (excluding diaryl/α,β-unsaturated/α-hetero) is 2. The van der Waals surface area contributed by atoms with Crippen LogP contribution in [0, 0.1) is 17.8 Å². The van der Waals surface area contributed by atoms with E-state index < -0.39 is 0 Å². The Bertz CT molecular complexity index is 1000. The molecule has 0 heterocycles. The molecular formula is C27H26O3. The molecule has 152 valence electrons. The van der Waals surface area contributed by atoms with Crippen LogP contribution >= 0.6 is 0 Å². The molecule has 0 aliphatic heterocycles. The van der Waals surface area contributed by atoms with E-state index in [9.17, 15) is 9.59 Å². The molecule has 0 N–H and O–H groups in total. The number of benzene rings is 2. The molecule has 3 heteroatoms. The average molecular weight is 399 g/mol. The molecule has 0 bridgehead atoms. The smallest absolute Gasteiger partial charge is 0.206 e. The second-order valence-corrected chi connectivity index (χ2v) is 7.56. The van der Waals surface area contributed by atoms with Gasteiger partial charge in [0.25, 0.3) is 0 Å². The minimum Gasteiger partial charge on any atom is -0.376 e. The number of ketones is 2. The van der Waals surface area contributed by atoms with Crippen LogP contribution in [0.2, 0.25) is 0 Å². The largest absolute Gasteiger partial charge is 0.376 e. The molecule has 1 unspecified atom stereocenters. The van der Waals surface area contributed by atoms with Gasteiger partial charge >= 0.3 is 0 Å². The maximum absolute atomic E-state index is 12.9. The Morgan fingerprint density at radius 2 is 1.77 bits per heavy atom. The molecule has 2 aromatic carbocycles. The molecule has 0 spiro atoms.